The Labute approximate surface area is 240 Å². The van der Waals surface area contributed by atoms with Crippen LogP contribution in [-0.4, -0.2) is 61.1 Å². The number of hydrogen-bond acceptors (Lipinski definition) is 5. The first-order valence-corrected chi connectivity index (χ1v) is 13.7. The van der Waals surface area contributed by atoms with E-state index in [0.717, 1.165) is 43.6 Å². The second-order valence-corrected chi connectivity index (χ2v) is 10.4. The number of hydrogen-bond donors (Lipinski definition) is 2. The lowest BCUT2D eigenvalue weighted by Crippen LogP contribution is -2.36. The van der Waals surface area contributed by atoms with Gasteiger partial charge >= 0.3 is 12.2 Å². The number of carbonyl (C=O) groups is 1. The van der Waals surface area contributed by atoms with E-state index >= 15 is 0 Å². The van der Waals surface area contributed by atoms with Crippen molar-refractivity contribution >= 4 is 17.4 Å². The summed E-state index contributed by atoms with van der Waals surface area (Å²) in [6.45, 7) is 1.60. The van der Waals surface area contributed by atoms with Crippen LogP contribution in [0.25, 0.3) is 28.0 Å². The van der Waals surface area contributed by atoms with Crippen LogP contribution in [0.4, 0.5) is 23.7 Å². The number of halogens is 3. The molecule has 0 radical (unpaired) electrons. The molecular weight excluding hydrogens is 545 g/mol. The molecule has 0 aliphatic carbocycles. The van der Waals surface area contributed by atoms with Crippen molar-refractivity contribution in [1.82, 2.24) is 34.6 Å². The minimum absolute atomic E-state index is 0.344. The highest BCUT2D eigenvalue weighted by molar-refractivity contribution is 5.90. The van der Waals surface area contributed by atoms with Gasteiger partial charge in [0.05, 0.1) is 30.3 Å². The molecule has 216 valence electrons. The highest BCUT2D eigenvalue weighted by Crippen LogP contribution is 2.28. The molecule has 1 saturated heterocycles. The molecule has 0 unspecified atom stereocenters. The number of amides is 2. The van der Waals surface area contributed by atoms with Gasteiger partial charge in [-0.3, -0.25) is 9.58 Å². The largest absolute Gasteiger partial charge is 0.405 e. The van der Waals surface area contributed by atoms with Crippen molar-refractivity contribution in [3.05, 3.63) is 91.0 Å². The van der Waals surface area contributed by atoms with Crippen LogP contribution < -0.4 is 10.6 Å². The summed E-state index contributed by atoms with van der Waals surface area (Å²) < 4.78 is 40.9. The number of carbonyl (C=O) groups excluding carboxylic acids is 1. The molecule has 0 spiro atoms. The number of aromatic nitrogens is 5. The number of piperidine rings is 1. The Bertz CT molecular complexity index is 1670. The highest BCUT2D eigenvalue weighted by atomic mass is 19.4. The quantitative estimate of drug-likeness (QED) is 0.257. The third-order valence-electron chi connectivity index (χ3n) is 7.34. The normalized spacial score (nSPS) is 14.7. The van der Waals surface area contributed by atoms with E-state index in [1.54, 1.807) is 40.4 Å². The maximum atomic E-state index is 12.4. The van der Waals surface area contributed by atoms with E-state index < -0.39 is 18.8 Å². The number of imidazole rings is 1. The molecule has 0 atom stereocenters. The minimum Gasteiger partial charge on any atom is -0.329 e. The summed E-state index contributed by atoms with van der Waals surface area (Å²) in [6, 6.07) is 18.6. The van der Waals surface area contributed by atoms with Crippen molar-refractivity contribution in [3.63, 3.8) is 0 Å². The van der Waals surface area contributed by atoms with Crippen LogP contribution in [0.5, 0.6) is 0 Å². The molecule has 1 fully saturated rings. The van der Waals surface area contributed by atoms with Crippen LogP contribution in [0.3, 0.4) is 0 Å². The Morgan fingerprint density at radius 1 is 0.905 bits per heavy atom. The molecule has 1 aliphatic rings. The maximum absolute atomic E-state index is 12.4. The van der Waals surface area contributed by atoms with Crippen LogP contribution in [0.2, 0.25) is 0 Å². The Balaban J connectivity index is 1.11. The first-order valence-electron chi connectivity index (χ1n) is 13.7. The van der Waals surface area contributed by atoms with Crippen molar-refractivity contribution in [2.45, 2.75) is 31.6 Å². The predicted molar refractivity (Wildman–Crippen MR) is 153 cm³/mol. The molecule has 2 aromatic carbocycles. The number of anilines is 1. The Morgan fingerprint density at radius 2 is 1.69 bits per heavy atom. The van der Waals surface area contributed by atoms with E-state index in [1.807, 2.05) is 24.4 Å². The summed E-state index contributed by atoms with van der Waals surface area (Å²) >= 11 is 0. The van der Waals surface area contributed by atoms with Crippen molar-refractivity contribution in [2.24, 2.45) is 0 Å². The smallest absolute Gasteiger partial charge is 0.329 e. The zero-order valence-electron chi connectivity index (χ0n) is 22.6. The topological polar surface area (TPSA) is 92.4 Å². The average Bonchev–Trinajstić information content (AvgIpc) is 3.65. The molecule has 5 aromatic rings. The van der Waals surface area contributed by atoms with Gasteiger partial charge in [0.15, 0.2) is 5.65 Å². The van der Waals surface area contributed by atoms with E-state index in [4.69, 9.17) is 0 Å². The van der Waals surface area contributed by atoms with Gasteiger partial charge in [-0.15, -0.1) is 0 Å². The number of urea groups is 1. The lowest BCUT2D eigenvalue weighted by atomic mass is 10.0. The molecule has 2 N–H and O–H groups in total. The fourth-order valence-electron chi connectivity index (χ4n) is 5.21. The molecule has 42 heavy (non-hydrogen) atoms. The van der Waals surface area contributed by atoms with E-state index in [1.165, 1.54) is 5.56 Å². The number of benzene rings is 2. The van der Waals surface area contributed by atoms with Gasteiger partial charge < -0.3 is 10.6 Å². The fourth-order valence-corrected chi connectivity index (χ4v) is 5.21. The number of likely N-dealkylation sites (tertiary alicyclic amines) is 1. The van der Waals surface area contributed by atoms with Gasteiger partial charge in [-0.2, -0.15) is 23.4 Å². The van der Waals surface area contributed by atoms with E-state index in [-0.39, 0.29) is 0 Å². The van der Waals surface area contributed by atoms with Crippen LogP contribution >= 0.6 is 0 Å². The molecule has 1 aliphatic heterocycles. The van der Waals surface area contributed by atoms with Crippen molar-refractivity contribution in [1.29, 1.82) is 0 Å². The third-order valence-corrected chi connectivity index (χ3v) is 7.34. The summed E-state index contributed by atoms with van der Waals surface area (Å²) in [4.78, 5) is 18.9. The van der Waals surface area contributed by atoms with Crippen LogP contribution in [0.15, 0.2) is 85.5 Å². The summed E-state index contributed by atoms with van der Waals surface area (Å²) in [7, 11) is 0. The van der Waals surface area contributed by atoms with Gasteiger partial charge in [0.1, 0.15) is 6.54 Å². The summed E-state index contributed by atoms with van der Waals surface area (Å²) in [6.07, 6.45) is 4.93. The van der Waals surface area contributed by atoms with Crippen LogP contribution in [0, 0.1) is 0 Å². The molecule has 6 rings (SSSR count). The zero-order chi connectivity index (χ0) is 29.1. The maximum Gasteiger partial charge on any atom is 0.405 e. The predicted octanol–water partition coefficient (Wildman–Crippen LogP) is 5.78. The lowest BCUT2D eigenvalue weighted by molar-refractivity contribution is -0.122. The second-order valence-electron chi connectivity index (χ2n) is 10.4. The first kappa shape index (κ1) is 27.5. The molecule has 12 heteroatoms. The minimum atomic E-state index is -4.49. The lowest BCUT2D eigenvalue weighted by Gasteiger charge is -2.32. The standard InChI is InChI=1S/C30H29F3N8O/c31-30(32,33)20-35-29(42)38-25-8-4-7-22(13-25)27-17-34-28-14-23(15-37-41(27)28)24-16-36-40(19-24)26-9-11-39(12-10-26)18-21-5-2-1-3-6-21/h1-8,13-17,19,26H,9-12,18,20H2,(H2,35,38,42). The number of alkyl halides is 3. The molecule has 4 heterocycles. The number of nitrogens with one attached hydrogen (secondary N) is 2. The Morgan fingerprint density at radius 3 is 2.48 bits per heavy atom. The van der Waals surface area contributed by atoms with Gasteiger partial charge in [0.25, 0.3) is 0 Å². The number of rotatable bonds is 7. The Kier molecular flexibility index (Phi) is 7.62. The highest BCUT2D eigenvalue weighted by Gasteiger charge is 2.27. The van der Waals surface area contributed by atoms with Gasteiger partial charge in [0, 0.05) is 48.2 Å². The molecule has 9 nitrogen and oxygen atoms in total. The number of fused-ring (bicyclic) bond motifs is 1. The fraction of sp³-hybridized carbons (Fsp3) is 0.267. The monoisotopic (exact) mass is 574 g/mol. The molecule has 3 aromatic heterocycles. The van der Waals surface area contributed by atoms with Gasteiger partial charge in [-0.05, 0) is 36.6 Å². The molecule has 0 bridgehead atoms. The van der Waals surface area contributed by atoms with E-state index in [2.05, 4.69) is 60.5 Å². The van der Waals surface area contributed by atoms with Gasteiger partial charge in [-0.25, -0.2) is 14.3 Å². The summed E-state index contributed by atoms with van der Waals surface area (Å²) in [5, 5.41) is 13.5. The SMILES string of the molecule is O=C(NCC(F)(F)F)Nc1cccc(-c2cnc3cc(-c4cnn(C5CCN(Cc6ccccc6)CC5)c4)cnn23)c1. The Hall–Kier alpha value is -4.71. The van der Waals surface area contributed by atoms with Gasteiger partial charge in [0.2, 0.25) is 0 Å². The van der Waals surface area contributed by atoms with Crippen LogP contribution in [0.1, 0.15) is 24.4 Å². The van der Waals surface area contributed by atoms with Gasteiger partial charge in [-0.1, -0.05) is 42.5 Å². The van der Waals surface area contributed by atoms with Crippen molar-refractivity contribution < 1.29 is 18.0 Å². The summed E-state index contributed by atoms with van der Waals surface area (Å²) in [5.74, 6) is 0. The zero-order valence-corrected chi connectivity index (χ0v) is 22.6. The molecule has 0 saturated carbocycles. The summed E-state index contributed by atoms with van der Waals surface area (Å²) in [5.41, 5.74) is 5.53. The second kappa shape index (κ2) is 11.6. The average molecular weight is 575 g/mol. The third kappa shape index (κ3) is 6.44. The van der Waals surface area contributed by atoms with Crippen LogP contribution in [-0.2, 0) is 6.54 Å². The van der Waals surface area contributed by atoms with E-state index in [0.29, 0.717) is 28.6 Å². The van der Waals surface area contributed by atoms with Crippen molar-refractivity contribution in [2.75, 3.05) is 25.0 Å². The molecule has 2 amide bonds. The van der Waals surface area contributed by atoms with E-state index in [9.17, 15) is 18.0 Å². The molecular formula is C30H29F3N8O. The first-order chi connectivity index (χ1) is 20.3. The van der Waals surface area contributed by atoms with Crippen molar-refractivity contribution in [3.8, 4) is 22.4 Å². The number of nitrogens with zero attached hydrogens (tertiary/aromatic N) is 6.